The molecule has 0 unspecified atom stereocenters. The zero-order valence-corrected chi connectivity index (χ0v) is 13.3. The summed E-state index contributed by atoms with van der Waals surface area (Å²) in [6.45, 7) is 8.52. The van der Waals surface area contributed by atoms with Crippen LogP contribution in [0.2, 0.25) is 0 Å². The van der Waals surface area contributed by atoms with Crippen LogP contribution in [0.3, 0.4) is 0 Å². The van der Waals surface area contributed by atoms with E-state index >= 15 is 0 Å². The molecule has 1 fully saturated rings. The van der Waals surface area contributed by atoms with Gasteiger partial charge in [0, 0.05) is 25.0 Å². The van der Waals surface area contributed by atoms with Crippen molar-refractivity contribution in [2.75, 3.05) is 0 Å². The zero-order valence-electron chi connectivity index (χ0n) is 13.3. The Balaban J connectivity index is 1.67. The highest BCUT2D eigenvalue weighted by molar-refractivity contribution is 5.27. The predicted molar refractivity (Wildman–Crippen MR) is 86.3 cm³/mol. The van der Waals surface area contributed by atoms with Gasteiger partial charge in [0.05, 0.1) is 6.54 Å². The lowest BCUT2D eigenvalue weighted by Crippen LogP contribution is -2.19. The van der Waals surface area contributed by atoms with E-state index in [0.717, 1.165) is 25.0 Å². The summed E-state index contributed by atoms with van der Waals surface area (Å²) in [5.41, 5.74) is 2.92. The summed E-state index contributed by atoms with van der Waals surface area (Å²) in [7, 11) is 0. The van der Waals surface area contributed by atoms with Crippen molar-refractivity contribution in [3.63, 3.8) is 0 Å². The van der Waals surface area contributed by atoms with Gasteiger partial charge in [0.1, 0.15) is 5.82 Å². The number of benzene rings is 1. The smallest absolute Gasteiger partial charge is 0.122 e. The Labute approximate surface area is 127 Å². The summed E-state index contributed by atoms with van der Waals surface area (Å²) in [4.78, 5) is 4.47. The highest BCUT2D eigenvalue weighted by Gasteiger charge is 2.20. The van der Waals surface area contributed by atoms with Gasteiger partial charge in [-0.3, -0.25) is 0 Å². The first-order valence-electron chi connectivity index (χ1n) is 7.85. The summed E-state index contributed by atoms with van der Waals surface area (Å²) in [5.74, 6) is 1.13. The molecular weight excluding hydrogens is 258 g/mol. The third-order valence-electron chi connectivity index (χ3n) is 4.10. The average molecular weight is 283 g/mol. The van der Waals surface area contributed by atoms with E-state index in [1.54, 1.807) is 0 Å². The summed E-state index contributed by atoms with van der Waals surface area (Å²) < 4.78 is 2.24. The lowest BCUT2D eigenvalue weighted by molar-refractivity contribution is 0.589. The second-order valence-electron chi connectivity index (χ2n) is 7.07. The minimum absolute atomic E-state index is 0.215. The number of nitrogens with zero attached hydrogens (tertiary/aromatic N) is 2. The Bertz CT molecular complexity index is 586. The van der Waals surface area contributed by atoms with Gasteiger partial charge in [0.15, 0.2) is 0 Å². The maximum atomic E-state index is 4.47. The molecule has 0 saturated heterocycles. The van der Waals surface area contributed by atoms with E-state index in [2.05, 4.69) is 66.1 Å². The molecule has 2 aromatic rings. The maximum Gasteiger partial charge on any atom is 0.122 e. The Morgan fingerprint density at radius 2 is 1.90 bits per heavy atom. The molecular formula is C18H25N3. The van der Waals surface area contributed by atoms with Gasteiger partial charge in [-0.1, -0.05) is 45.0 Å². The van der Waals surface area contributed by atoms with E-state index in [0.29, 0.717) is 0 Å². The predicted octanol–water partition coefficient (Wildman–Crippen LogP) is 3.48. The van der Waals surface area contributed by atoms with E-state index < -0.39 is 0 Å². The van der Waals surface area contributed by atoms with Crippen LogP contribution in [-0.2, 0) is 18.5 Å². The van der Waals surface area contributed by atoms with Gasteiger partial charge in [0.25, 0.3) is 0 Å². The van der Waals surface area contributed by atoms with Crippen LogP contribution in [0.1, 0.15) is 50.6 Å². The Morgan fingerprint density at radius 1 is 1.19 bits per heavy atom. The van der Waals surface area contributed by atoms with Crippen molar-refractivity contribution in [3.8, 4) is 0 Å². The molecule has 1 N–H and O–H groups in total. The fourth-order valence-electron chi connectivity index (χ4n) is 2.48. The van der Waals surface area contributed by atoms with Crippen LogP contribution < -0.4 is 5.32 Å². The van der Waals surface area contributed by atoms with Gasteiger partial charge in [-0.2, -0.15) is 0 Å². The van der Waals surface area contributed by atoms with Crippen molar-refractivity contribution in [3.05, 3.63) is 53.6 Å². The van der Waals surface area contributed by atoms with Gasteiger partial charge in [-0.25, -0.2) is 4.98 Å². The third-order valence-corrected chi connectivity index (χ3v) is 4.10. The van der Waals surface area contributed by atoms with Crippen molar-refractivity contribution >= 4 is 0 Å². The molecule has 112 valence electrons. The molecule has 21 heavy (non-hydrogen) atoms. The van der Waals surface area contributed by atoms with Crippen molar-refractivity contribution < 1.29 is 0 Å². The largest absolute Gasteiger partial charge is 0.329 e. The summed E-state index contributed by atoms with van der Waals surface area (Å²) in [5, 5.41) is 3.53. The fourth-order valence-corrected chi connectivity index (χ4v) is 2.48. The van der Waals surface area contributed by atoms with Gasteiger partial charge in [-0.15, -0.1) is 0 Å². The topological polar surface area (TPSA) is 29.9 Å². The Morgan fingerprint density at radius 3 is 2.52 bits per heavy atom. The number of imidazole rings is 1. The van der Waals surface area contributed by atoms with Crippen LogP contribution in [0.15, 0.2) is 36.7 Å². The van der Waals surface area contributed by atoms with Crippen LogP contribution in [0, 0.1) is 0 Å². The molecule has 0 spiro atoms. The molecule has 0 radical (unpaired) electrons. The highest BCUT2D eigenvalue weighted by atomic mass is 15.1. The van der Waals surface area contributed by atoms with Crippen LogP contribution in [0.4, 0.5) is 0 Å². The van der Waals surface area contributed by atoms with E-state index in [-0.39, 0.29) is 5.41 Å². The summed E-state index contributed by atoms with van der Waals surface area (Å²) in [6, 6.07) is 9.68. The molecule has 3 nitrogen and oxygen atoms in total. The normalized spacial score (nSPS) is 15.4. The van der Waals surface area contributed by atoms with Crippen LogP contribution in [-0.4, -0.2) is 15.6 Å². The second-order valence-corrected chi connectivity index (χ2v) is 7.07. The molecule has 3 rings (SSSR count). The van der Waals surface area contributed by atoms with E-state index in [9.17, 15) is 0 Å². The number of rotatable bonds is 5. The monoisotopic (exact) mass is 283 g/mol. The molecule has 1 heterocycles. The third kappa shape index (κ3) is 3.73. The molecule has 1 aliphatic carbocycles. The SMILES string of the molecule is CC(C)(C)c1ccc(Cn2ccnc2CNC2CC2)cc1. The fraction of sp³-hybridized carbons (Fsp3) is 0.500. The molecule has 0 aliphatic heterocycles. The van der Waals surface area contributed by atoms with Crippen LogP contribution >= 0.6 is 0 Å². The van der Waals surface area contributed by atoms with Crippen molar-refractivity contribution in [2.24, 2.45) is 0 Å². The van der Waals surface area contributed by atoms with Gasteiger partial charge >= 0.3 is 0 Å². The molecule has 3 heteroatoms. The number of hydrogen-bond donors (Lipinski definition) is 1. The van der Waals surface area contributed by atoms with Gasteiger partial charge < -0.3 is 9.88 Å². The zero-order chi connectivity index (χ0) is 14.9. The van der Waals surface area contributed by atoms with Crippen molar-refractivity contribution in [1.29, 1.82) is 0 Å². The molecule has 0 atom stereocenters. The van der Waals surface area contributed by atoms with E-state index in [1.807, 2.05) is 6.20 Å². The molecule has 1 aromatic carbocycles. The summed E-state index contributed by atoms with van der Waals surface area (Å²) >= 11 is 0. The van der Waals surface area contributed by atoms with E-state index in [1.165, 1.54) is 24.0 Å². The molecule has 0 amide bonds. The number of aromatic nitrogens is 2. The average Bonchev–Trinajstić information content (AvgIpc) is 3.17. The van der Waals surface area contributed by atoms with Crippen molar-refractivity contribution in [1.82, 2.24) is 14.9 Å². The Hall–Kier alpha value is -1.61. The number of hydrogen-bond acceptors (Lipinski definition) is 2. The standard InChI is InChI=1S/C18H25N3/c1-18(2,3)15-6-4-14(5-7-15)13-21-11-10-19-17(21)12-20-16-8-9-16/h4-7,10-11,16,20H,8-9,12-13H2,1-3H3. The lowest BCUT2D eigenvalue weighted by Gasteiger charge is -2.19. The first-order valence-corrected chi connectivity index (χ1v) is 7.85. The number of nitrogens with one attached hydrogen (secondary N) is 1. The van der Waals surface area contributed by atoms with Crippen LogP contribution in [0.5, 0.6) is 0 Å². The summed E-state index contributed by atoms with van der Waals surface area (Å²) in [6.07, 6.45) is 6.60. The first kappa shape index (κ1) is 14.3. The molecule has 1 saturated carbocycles. The highest BCUT2D eigenvalue weighted by Crippen LogP contribution is 2.22. The minimum Gasteiger partial charge on any atom is -0.329 e. The van der Waals surface area contributed by atoms with Gasteiger partial charge in [0.2, 0.25) is 0 Å². The lowest BCUT2D eigenvalue weighted by atomic mass is 9.87. The van der Waals surface area contributed by atoms with E-state index in [4.69, 9.17) is 0 Å². The van der Waals surface area contributed by atoms with Crippen molar-refractivity contribution in [2.45, 2.75) is 58.2 Å². The Kier molecular flexibility index (Phi) is 3.85. The quantitative estimate of drug-likeness (QED) is 0.910. The van der Waals surface area contributed by atoms with Crippen LogP contribution in [0.25, 0.3) is 0 Å². The second kappa shape index (κ2) is 5.64. The molecule has 1 aromatic heterocycles. The minimum atomic E-state index is 0.215. The molecule has 0 bridgehead atoms. The maximum absolute atomic E-state index is 4.47. The van der Waals surface area contributed by atoms with Gasteiger partial charge in [-0.05, 0) is 29.4 Å². The first-order chi connectivity index (χ1) is 10.0. The molecule has 1 aliphatic rings.